The molecule has 6 heteroatoms. The number of benzene rings is 2. The topological polar surface area (TPSA) is 57.3 Å². The van der Waals surface area contributed by atoms with Crippen molar-refractivity contribution in [2.45, 2.75) is 38.8 Å². The first-order valence-corrected chi connectivity index (χ1v) is 10.5. The molecule has 1 aromatic heterocycles. The molecule has 1 aliphatic heterocycles. The number of quaternary nitrogens is 1. The average molecular weight is 393 g/mol. The lowest BCUT2D eigenvalue weighted by molar-refractivity contribution is -0.932. The maximum Gasteiger partial charge on any atom is 0.214 e. The van der Waals surface area contributed by atoms with Crippen molar-refractivity contribution in [1.29, 1.82) is 0 Å². The SMILES string of the molecule is COc1ccc([C@H](c2nnnn2CCc2ccccc2)[NH+]2CCC(C)CC2)cc1. The molecule has 0 aliphatic carbocycles. The summed E-state index contributed by atoms with van der Waals surface area (Å²) < 4.78 is 7.35. The molecule has 1 aliphatic rings. The summed E-state index contributed by atoms with van der Waals surface area (Å²) >= 11 is 0. The van der Waals surface area contributed by atoms with Gasteiger partial charge >= 0.3 is 0 Å². The fourth-order valence-electron chi connectivity index (χ4n) is 4.24. The maximum atomic E-state index is 5.36. The second kappa shape index (κ2) is 9.18. The number of nitrogens with one attached hydrogen (secondary N) is 1. The summed E-state index contributed by atoms with van der Waals surface area (Å²) in [6.45, 7) is 5.42. The third-order valence-electron chi connectivity index (χ3n) is 6.05. The van der Waals surface area contributed by atoms with E-state index in [1.54, 1.807) is 12.0 Å². The minimum atomic E-state index is 0.138. The molecule has 3 aromatic rings. The van der Waals surface area contributed by atoms with Gasteiger partial charge in [-0.25, -0.2) is 4.68 Å². The zero-order valence-corrected chi connectivity index (χ0v) is 17.3. The quantitative estimate of drug-likeness (QED) is 0.671. The van der Waals surface area contributed by atoms with E-state index in [-0.39, 0.29) is 6.04 Å². The predicted octanol–water partition coefficient (Wildman–Crippen LogP) is 2.33. The Bertz CT molecular complexity index is 885. The molecule has 152 valence electrons. The summed E-state index contributed by atoms with van der Waals surface area (Å²) in [5.41, 5.74) is 2.54. The number of likely N-dealkylation sites (tertiary alicyclic amines) is 1. The molecule has 0 spiro atoms. The molecule has 0 radical (unpaired) electrons. The highest BCUT2D eigenvalue weighted by atomic mass is 16.5. The van der Waals surface area contributed by atoms with Crippen LogP contribution in [0.15, 0.2) is 54.6 Å². The molecule has 1 atom stereocenters. The number of hydrogen-bond acceptors (Lipinski definition) is 4. The second-order valence-electron chi connectivity index (χ2n) is 8.04. The van der Waals surface area contributed by atoms with E-state index in [4.69, 9.17) is 4.74 Å². The highest BCUT2D eigenvalue weighted by Gasteiger charge is 2.33. The van der Waals surface area contributed by atoms with Crippen LogP contribution in [0.1, 0.15) is 42.8 Å². The van der Waals surface area contributed by atoms with Gasteiger partial charge < -0.3 is 9.64 Å². The minimum absolute atomic E-state index is 0.138. The predicted molar refractivity (Wildman–Crippen MR) is 112 cm³/mol. The third-order valence-corrected chi connectivity index (χ3v) is 6.05. The van der Waals surface area contributed by atoms with E-state index in [0.29, 0.717) is 0 Å². The normalized spacial score (nSPS) is 20.3. The molecule has 2 aromatic carbocycles. The second-order valence-corrected chi connectivity index (χ2v) is 8.04. The molecule has 1 fully saturated rings. The van der Waals surface area contributed by atoms with Crippen LogP contribution in [0.4, 0.5) is 0 Å². The van der Waals surface area contributed by atoms with Crippen LogP contribution in [-0.4, -0.2) is 40.4 Å². The van der Waals surface area contributed by atoms with Gasteiger partial charge in [-0.2, -0.15) is 0 Å². The van der Waals surface area contributed by atoms with Gasteiger partial charge in [0.05, 0.1) is 20.2 Å². The van der Waals surface area contributed by atoms with Gasteiger partial charge in [-0.05, 0) is 65.4 Å². The molecule has 0 unspecified atom stereocenters. The molecule has 29 heavy (non-hydrogen) atoms. The number of aromatic nitrogens is 4. The van der Waals surface area contributed by atoms with E-state index in [1.807, 2.05) is 22.9 Å². The number of aryl methyl sites for hydroxylation is 2. The van der Waals surface area contributed by atoms with Gasteiger partial charge in [0.15, 0.2) is 6.04 Å². The van der Waals surface area contributed by atoms with Gasteiger partial charge in [0.2, 0.25) is 5.82 Å². The Hall–Kier alpha value is -2.73. The Labute approximate surface area is 172 Å². The van der Waals surface area contributed by atoms with E-state index >= 15 is 0 Å². The lowest BCUT2D eigenvalue weighted by Crippen LogP contribution is -3.13. The molecule has 2 heterocycles. The van der Waals surface area contributed by atoms with Crippen molar-refractivity contribution in [3.8, 4) is 5.75 Å². The van der Waals surface area contributed by atoms with Crippen molar-refractivity contribution in [2.24, 2.45) is 5.92 Å². The number of hydrogen-bond donors (Lipinski definition) is 1. The van der Waals surface area contributed by atoms with Crippen LogP contribution in [0.2, 0.25) is 0 Å². The molecule has 1 N–H and O–H groups in total. The summed E-state index contributed by atoms with van der Waals surface area (Å²) in [4.78, 5) is 1.55. The summed E-state index contributed by atoms with van der Waals surface area (Å²) in [5.74, 6) is 2.62. The van der Waals surface area contributed by atoms with Crippen molar-refractivity contribution in [2.75, 3.05) is 20.2 Å². The zero-order chi connectivity index (χ0) is 20.1. The molecular formula is C23H30N5O+. The lowest BCUT2D eigenvalue weighted by Gasteiger charge is -2.33. The van der Waals surface area contributed by atoms with E-state index in [9.17, 15) is 0 Å². The van der Waals surface area contributed by atoms with E-state index in [2.05, 4.69) is 58.8 Å². The highest BCUT2D eigenvalue weighted by molar-refractivity contribution is 5.30. The van der Waals surface area contributed by atoms with Gasteiger partial charge in [0.1, 0.15) is 5.75 Å². The minimum Gasteiger partial charge on any atom is -0.497 e. The van der Waals surface area contributed by atoms with Crippen LogP contribution >= 0.6 is 0 Å². The highest BCUT2D eigenvalue weighted by Crippen LogP contribution is 2.22. The van der Waals surface area contributed by atoms with Crippen LogP contribution in [0.25, 0.3) is 0 Å². The standard InChI is InChI=1S/C23H29N5O/c1-18-12-15-27(16-13-18)22(20-8-10-21(29-2)11-9-20)23-24-25-26-28(23)17-14-19-6-4-3-5-7-19/h3-11,18,22H,12-17H2,1-2H3/p+1/t22-/m1/s1. The van der Waals surface area contributed by atoms with Crippen LogP contribution < -0.4 is 9.64 Å². The van der Waals surface area contributed by atoms with Crippen LogP contribution in [-0.2, 0) is 13.0 Å². The van der Waals surface area contributed by atoms with Gasteiger partial charge in [-0.1, -0.05) is 37.3 Å². The smallest absolute Gasteiger partial charge is 0.214 e. The first-order chi connectivity index (χ1) is 14.2. The average Bonchev–Trinajstić information content (AvgIpc) is 3.23. The van der Waals surface area contributed by atoms with Gasteiger partial charge in [0, 0.05) is 12.1 Å². The fraction of sp³-hybridized carbons (Fsp3) is 0.435. The third kappa shape index (κ3) is 4.65. The monoisotopic (exact) mass is 392 g/mol. The Morgan fingerprint density at radius 3 is 2.48 bits per heavy atom. The first-order valence-electron chi connectivity index (χ1n) is 10.5. The first kappa shape index (κ1) is 19.6. The number of tetrazole rings is 1. The van der Waals surface area contributed by atoms with Gasteiger partial charge in [-0.3, -0.25) is 0 Å². The van der Waals surface area contributed by atoms with Crippen molar-refractivity contribution < 1.29 is 9.64 Å². The Morgan fingerprint density at radius 1 is 1.07 bits per heavy atom. The van der Waals surface area contributed by atoms with Crippen LogP contribution in [0.5, 0.6) is 5.75 Å². The van der Waals surface area contributed by atoms with Crippen molar-refractivity contribution in [1.82, 2.24) is 20.2 Å². The largest absolute Gasteiger partial charge is 0.497 e. The Kier molecular flexibility index (Phi) is 6.20. The number of rotatable bonds is 7. The summed E-state index contributed by atoms with van der Waals surface area (Å²) in [5, 5.41) is 12.9. The Balaban J connectivity index is 1.61. The molecular weight excluding hydrogens is 362 g/mol. The van der Waals surface area contributed by atoms with E-state index < -0.39 is 0 Å². The number of piperidine rings is 1. The van der Waals surface area contributed by atoms with Crippen LogP contribution in [0, 0.1) is 5.92 Å². The van der Waals surface area contributed by atoms with Gasteiger partial charge in [0.25, 0.3) is 0 Å². The molecule has 0 saturated carbocycles. The van der Waals surface area contributed by atoms with Crippen molar-refractivity contribution in [3.05, 3.63) is 71.5 Å². The van der Waals surface area contributed by atoms with E-state index in [0.717, 1.165) is 43.5 Å². The molecule has 4 rings (SSSR count). The number of methoxy groups -OCH3 is 1. The zero-order valence-electron chi connectivity index (χ0n) is 17.3. The number of nitrogens with zero attached hydrogens (tertiary/aromatic N) is 4. The maximum absolute atomic E-state index is 5.36. The molecule has 0 amide bonds. The van der Waals surface area contributed by atoms with Crippen LogP contribution in [0.3, 0.4) is 0 Å². The fourth-order valence-corrected chi connectivity index (χ4v) is 4.24. The summed E-state index contributed by atoms with van der Waals surface area (Å²) in [6, 6.07) is 19.0. The molecule has 1 saturated heterocycles. The van der Waals surface area contributed by atoms with Crippen molar-refractivity contribution in [3.63, 3.8) is 0 Å². The lowest BCUT2D eigenvalue weighted by atomic mass is 9.95. The number of ether oxygens (including phenoxy) is 1. The molecule has 0 bridgehead atoms. The van der Waals surface area contributed by atoms with Crippen molar-refractivity contribution >= 4 is 0 Å². The Morgan fingerprint density at radius 2 is 1.79 bits per heavy atom. The summed E-state index contributed by atoms with van der Waals surface area (Å²) in [6.07, 6.45) is 3.40. The van der Waals surface area contributed by atoms with E-state index in [1.165, 1.54) is 24.0 Å². The van der Waals surface area contributed by atoms with Gasteiger partial charge in [-0.15, -0.1) is 5.10 Å². The summed E-state index contributed by atoms with van der Waals surface area (Å²) in [7, 11) is 1.70. The molecule has 6 nitrogen and oxygen atoms in total.